The molecule has 0 saturated heterocycles. The zero-order valence-corrected chi connectivity index (χ0v) is 9.67. The molecule has 0 aliphatic rings. The van der Waals surface area contributed by atoms with Gasteiger partial charge in [-0.15, -0.1) is 0 Å². The highest BCUT2D eigenvalue weighted by atomic mass is 19.1. The van der Waals surface area contributed by atoms with Crippen molar-refractivity contribution in [1.29, 1.82) is 5.26 Å². The Bertz CT molecular complexity index is 460. The van der Waals surface area contributed by atoms with Gasteiger partial charge in [0.15, 0.2) is 0 Å². The first-order chi connectivity index (χ1) is 8.54. The predicted octanol–water partition coefficient (Wildman–Crippen LogP) is 1.19. The Morgan fingerprint density at radius 1 is 1.39 bits per heavy atom. The molecule has 0 spiro atoms. The molecule has 3 N–H and O–H groups in total. The van der Waals surface area contributed by atoms with Crippen molar-refractivity contribution in [1.82, 2.24) is 5.32 Å². The zero-order valence-electron chi connectivity index (χ0n) is 9.67. The van der Waals surface area contributed by atoms with Gasteiger partial charge in [0.1, 0.15) is 11.6 Å². The minimum atomic E-state index is -0.756. The number of hydrogen-bond donors (Lipinski definition) is 2. The van der Waals surface area contributed by atoms with Crippen LogP contribution in [-0.4, -0.2) is 12.5 Å². The second-order valence-electron chi connectivity index (χ2n) is 3.78. The van der Waals surface area contributed by atoms with E-state index in [1.807, 2.05) is 0 Å². The van der Waals surface area contributed by atoms with Crippen molar-refractivity contribution in [2.75, 3.05) is 6.54 Å². The first-order valence-electron chi connectivity index (χ1n) is 5.41. The van der Waals surface area contributed by atoms with E-state index in [-0.39, 0.29) is 24.1 Å². The Morgan fingerprint density at radius 2 is 2.00 bits per heavy atom. The predicted molar refractivity (Wildman–Crippen MR) is 61.2 cm³/mol. The summed E-state index contributed by atoms with van der Waals surface area (Å²) in [5.41, 5.74) is 4.78. The number of carbonyl (C=O) groups is 1. The molecule has 0 heterocycles. The van der Waals surface area contributed by atoms with Crippen LogP contribution in [0.2, 0.25) is 0 Å². The van der Waals surface area contributed by atoms with Crippen LogP contribution < -0.4 is 11.1 Å². The Labute approximate surface area is 103 Å². The molecule has 0 atom stereocenters. The van der Waals surface area contributed by atoms with Gasteiger partial charge < -0.3 is 11.1 Å². The van der Waals surface area contributed by atoms with E-state index in [9.17, 15) is 13.6 Å². The third-order valence-electron chi connectivity index (χ3n) is 2.35. The molecule has 0 saturated carbocycles. The Kier molecular flexibility index (Phi) is 5.21. The van der Waals surface area contributed by atoms with Crippen molar-refractivity contribution in [3.8, 4) is 6.07 Å². The number of rotatable bonds is 6. The van der Waals surface area contributed by atoms with Crippen LogP contribution in [0.15, 0.2) is 12.1 Å². The van der Waals surface area contributed by atoms with Gasteiger partial charge in [0, 0.05) is 18.5 Å². The van der Waals surface area contributed by atoms with E-state index < -0.39 is 17.5 Å². The van der Waals surface area contributed by atoms with Crippen LogP contribution in [0.3, 0.4) is 0 Å². The maximum absolute atomic E-state index is 13.4. The van der Waals surface area contributed by atoms with Crippen molar-refractivity contribution in [2.24, 2.45) is 5.73 Å². The monoisotopic (exact) mass is 253 g/mol. The van der Waals surface area contributed by atoms with Crippen LogP contribution in [0, 0.1) is 23.0 Å². The van der Waals surface area contributed by atoms with Crippen LogP contribution in [0.25, 0.3) is 0 Å². The van der Waals surface area contributed by atoms with Gasteiger partial charge in [0.25, 0.3) is 0 Å². The van der Waals surface area contributed by atoms with Crippen molar-refractivity contribution < 1.29 is 13.6 Å². The maximum atomic E-state index is 13.4. The summed E-state index contributed by atoms with van der Waals surface area (Å²) >= 11 is 0. The first-order valence-corrected chi connectivity index (χ1v) is 5.41. The second-order valence-corrected chi connectivity index (χ2v) is 3.78. The highest BCUT2D eigenvalue weighted by Gasteiger charge is 2.10. The summed E-state index contributed by atoms with van der Waals surface area (Å²) in [6.45, 7) is 0.434. The number of nitrogens with one attached hydrogen (secondary N) is 1. The van der Waals surface area contributed by atoms with Crippen LogP contribution in [0.1, 0.15) is 24.0 Å². The third-order valence-corrected chi connectivity index (χ3v) is 2.35. The largest absolute Gasteiger partial charge is 0.370 e. The fraction of sp³-hybridized carbons (Fsp3) is 0.333. The average molecular weight is 253 g/mol. The molecule has 1 aromatic carbocycles. The number of amides is 1. The quantitative estimate of drug-likeness (QED) is 0.747. The van der Waals surface area contributed by atoms with Crippen molar-refractivity contribution >= 4 is 5.91 Å². The summed E-state index contributed by atoms with van der Waals surface area (Å²) in [7, 11) is 0. The molecule has 0 aliphatic carbocycles. The number of hydrogen-bond acceptors (Lipinski definition) is 3. The SMILES string of the molecule is N#Cc1cc(F)c(CNCCCC(N)=O)c(F)c1. The average Bonchev–Trinajstić information content (AvgIpc) is 2.31. The summed E-state index contributed by atoms with van der Waals surface area (Å²) in [5, 5.41) is 11.3. The fourth-order valence-electron chi connectivity index (χ4n) is 1.44. The topological polar surface area (TPSA) is 78.9 Å². The zero-order chi connectivity index (χ0) is 13.5. The van der Waals surface area contributed by atoms with Crippen molar-refractivity contribution in [3.63, 3.8) is 0 Å². The number of halogens is 2. The minimum absolute atomic E-state index is 0.00212. The summed E-state index contributed by atoms with van der Waals surface area (Å²) in [5.74, 6) is -1.92. The van der Waals surface area contributed by atoms with E-state index in [0.717, 1.165) is 12.1 Å². The molecule has 0 radical (unpaired) electrons. The Balaban J connectivity index is 2.53. The molecule has 0 aromatic heterocycles. The Hall–Kier alpha value is -2.00. The van der Waals surface area contributed by atoms with E-state index >= 15 is 0 Å². The minimum Gasteiger partial charge on any atom is -0.370 e. The van der Waals surface area contributed by atoms with E-state index in [0.29, 0.717) is 13.0 Å². The molecular weight excluding hydrogens is 240 g/mol. The lowest BCUT2D eigenvalue weighted by Crippen LogP contribution is -2.19. The van der Waals surface area contributed by atoms with Gasteiger partial charge in [-0.25, -0.2) is 8.78 Å². The molecule has 1 aromatic rings. The van der Waals surface area contributed by atoms with Gasteiger partial charge in [-0.2, -0.15) is 5.26 Å². The number of benzene rings is 1. The molecule has 4 nitrogen and oxygen atoms in total. The summed E-state index contributed by atoms with van der Waals surface area (Å²) in [4.78, 5) is 10.5. The van der Waals surface area contributed by atoms with Gasteiger partial charge in [-0.3, -0.25) is 4.79 Å². The van der Waals surface area contributed by atoms with Gasteiger partial charge in [0.05, 0.1) is 11.6 Å². The molecule has 0 bridgehead atoms. The summed E-state index contributed by atoms with van der Waals surface area (Å²) in [6.07, 6.45) is 0.736. The third kappa shape index (κ3) is 4.11. The lowest BCUT2D eigenvalue weighted by atomic mass is 10.1. The fourth-order valence-corrected chi connectivity index (χ4v) is 1.44. The standard InChI is InChI=1S/C12H13F2N3O/c13-10-4-8(6-15)5-11(14)9(10)7-17-3-1-2-12(16)18/h4-5,17H,1-3,7H2,(H2,16,18). The summed E-state index contributed by atoms with van der Waals surface area (Å²) in [6, 6.07) is 3.65. The number of primary amides is 1. The Morgan fingerprint density at radius 3 is 2.50 bits per heavy atom. The number of carbonyl (C=O) groups excluding carboxylic acids is 1. The van der Waals surface area contributed by atoms with Crippen molar-refractivity contribution in [3.05, 3.63) is 34.9 Å². The molecular formula is C12H13F2N3O. The van der Waals surface area contributed by atoms with E-state index in [1.165, 1.54) is 0 Å². The van der Waals surface area contributed by atoms with E-state index in [1.54, 1.807) is 6.07 Å². The number of nitrogens with zero attached hydrogens (tertiary/aromatic N) is 1. The van der Waals surface area contributed by atoms with E-state index in [2.05, 4.69) is 5.32 Å². The second kappa shape index (κ2) is 6.67. The lowest BCUT2D eigenvalue weighted by molar-refractivity contribution is -0.118. The van der Waals surface area contributed by atoms with Gasteiger partial charge in [0.2, 0.25) is 5.91 Å². The molecule has 18 heavy (non-hydrogen) atoms. The molecule has 96 valence electrons. The van der Waals surface area contributed by atoms with Crippen LogP contribution in [0.5, 0.6) is 0 Å². The number of nitrogens with two attached hydrogens (primary N) is 1. The van der Waals surface area contributed by atoms with Gasteiger partial charge in [-0.1, -0.05) is 0 Å². The molecule has 0 unspecified atom stereocenters. The van der Waals surface area contributed by atoms with Crippen molar-refractivity contribution in [2.45, 2.75) is 19.4 Å². The van der Waals surface area contributed by atoms with Crippen LogP contribution >= 0.6 is 0 Å². The lowest BCUT2D eigenvalue weighted by Gasteiger charge is -2.07. The highest BCUT2D eigenvalue weighted by Crippen LogP contribution is 2.14. The molecule has 0 aliphatic heterocycles. The van der Waals surface area contributed by atoms with E-state index in [4.69, 9.17) is 11.0 Å². The molecule has 1 rings (SSSR count). The van der Waals surface area contributed by atoms with Crippen LogP contribution in [-0.2, 0) is 11.3 Å². The molecule has 6 heteroatoms. The van der Waals surface area contributed by atoms with Gasteiger partial charge >= 0.3 is 0 Å². The van der Waals surface area contributed by atoms with Crippen LogP contribution in [0.4, 0.5) is 8.78 Å². The highest BCUT2D eigenvalue weighted by molar-refractivity contribution is 5.73. The first kappa shape index (κ1) is 14.1. The number of nitriles is 1. The molecule has 0 fully saturated rings. The van der Waals surface area contributed by atoms with Gasteiger partial charge in [-0.05, 0) is 25.1 Å². The maximum Gasteiger partial charge on any atom is 0.217 e. The summed E-state index contributed by atoms with van der Waals surface area (Å²) < 4.78 is 26.9. The normalized spacial score (nSPS) is 10.1. The molecule has 1 amide bonds. The smallest absolute Gasteiger partial charge is 0.217 e.